The number of aliphatic carboxylic acids is 1. The minimum absolute atomic E-state index is 0.0214. The molecule has 0 spiro atoms. The Bertz CT molecular complexity index is 625. The van der Waals surface area contributed by atoms with E-state index in [1.165, 1.54) is 12.1 Å². The number of aromatic nitrogens is 2. The summed E-state index contributed by atoms with van der Waals surface area (Å²) in [6.45, 7) is 0. The van der Waals surface area contributed by atoms with E-state index < -0.39 is 11.8 Å². The predicted molar refractivity (Wildman–Crippen MR) is 69.6 cm³/mol. The van der Waals surface area contributed by atoms with Crippen molar-refractivity contribution < 1.29 is 14.3 Å². The van der Waals surface area contributed by atoms with Crippen molar-refractivity contribution in [2.45, 2.75) is 12.8 Å². The summed E-state index contributed by atoms with van der Waals surface area (Å²) in [4.78, 5) is 10.5. The molecule has 0 amide bonds. The molecule has 0 saturated carbocycles. The number of carbonyl (C=O) groups is 1. The van der Waals surface area contributed by atoms with Gasteiger partial charge in [-0.25, -0.2) is 4.39 Å². The lowest BCUT2D eigenvalue weighted by molar-refractivity contribution is -0.136. The molecule has 19 heavy (non-hydrogen) atoms. The number of nitrogens with zero attached hydrogens (tertiary/aromatic N) is 2. The highest BCUT2D eigenvalue weighted by Crippen LogP contribution is 2.28. The van der Waals surface area contributed by atoms with Crippen molar-refractivity contribution in [1.82, 2.24) is 9.78 Å². The fourth-order valence-corrected chi connectivity index (χ4v) is 2.10. The second-order valence-electron chi connectivity index (χ2n) is 4.16. The fourth-order valence-electron chi connectivity index (χ4n) is 1.83. The molecule has 0 fully saturated rings. The molecule has 1 aromatic carbocycles. The number of hydrogen-bond donors (Lipinski definition) is 1. The van der Waals surface area contributed by atoms with Gasteiger partial charge in [-0.1, -0.05) is 11.6 Å². The average molecular weight is 283 g/mol. The van der Waals surface area contributed by atoms with Gasteiger partial charge >= 0.3 is 5.97 Å². The first-order valence-electron chi connectivity index (χ1n) is 5.67. The van der Waals surface area contributed by atoms with Gasteiger partial charge in [0.25, 0.3) is 0 Å². The molecule has 100 valence electrons. The van der Waals surface area contributed by atoms with Crippen LogP contribution >= 0.6 is 11.6 Å². The smallest absolute Gasteiger partial charge is 0.303 e. The Kier molecular flexibility index (Phi) is 3.85. The zero-order valence-electron chi connectivity index (χ0n) is 10.2. The van der Waals surface area contributed by atoms with Crippen LogP contribution in [0.4, 0.5) is 4.39 Å². The van der Waals surface area contributed by atoms with Gasteiger partial charge in [0.15, 0.2) is 0 Å². The number of hydrogen-bond acceptors (Lipinski definition) is 2. The maximum absolute atomic E-state index is 13.0. The van der Waals surface area contributed by atoms with Crippen LogP contribution in [0.3, 0.4) is 0 Å². The number of halogens is 2. The number of aryl methyl sites for hydroxylation is 2. The molecule has 0 saturated heterocycles. The standard InChI is InChI=1S/C13H12ClFN2O2/c1-17-12(7-9(16-17)3-5-13(18)19)10-4-2-8(15)6-11(10)14/h2,4,6-7H,3,5H2,1H3,(H,18,19). The molecule has 0 bridgehead atoms. The van der Waals surface area contributed by atoms with Crippen molar-refractivity contribution in [3.8, 4) is 11.3 Å². The van der Waals surface area contributed by atoms with Crippen molar-refractivity contribution >= 4 is 17.6 Å². The molecule has 0 aliphatic heterocycles. The van der Waals surface area contributed by atoms with Crippen LogP contribution in [0.1, 0.15) is 12.1 Å². The lowest BCUT2D eigenvalue weighted by Crippen LogP contribution is -1.99. The Morgan fingerprint density at radius 3 is 2.84 bits per heavy atom. The monoisotopic (exact) mass is 282 g/mol. The Labute approximate surface area is 114 Å². The molecular formula is C13H12ClFN2O2. The molecule has 2 aromatic rings. The summed E-state index contributed by atoms with van der Waals surface area (Å²) in [6, 6.07) is 5.91. The maximum Gasteiger partial charge on any atom is 0.303 e. The van der Waals surface area contributed by atoms with Crippen LogP contribution < -0.4 is 0 Å². The molecule has 1 heterocycles. The molecule has 1 aromatic heterocycles. The summed E-state index contributed by atoms with van der Waals surface area (Å²) < 4.78 is 14.6. The zero-order chi connectivity index (χ0) is 14.0. The Balaban J connectivity index is 2.32. The molecule has 0 radical (unpaired) electrons. The summed E-state index contributed by atoms with van der Waals surface area (Å²) in [5.74, 6) is -1.27. The summed E-state index contributed by atoms with van der Waals surface area (Å²) in [5, 5.41) is 13.2. The van der Waals surface area contributed by atoms with Crippen molar-refractivity contribution in [1.29, 1.82) is 0 Å². The summed E-state index contributed by atoms with van der Waals surface area (Å²) in [5.41, 5.74) is 2.06. The van der Waals surface area contributed by atoms with Crippen LogP contribution in [0.5, 0.6) is 0 Å². The van der Waals surface area contributed by atoms with E-state index >= 15 is 0 Å². The molecule has 4 nitrogen and oxygen atoms in total. The van der Waals surface area contributed by atoms with Gasteiger partial charge in [-0.15, -0.1) is 0 Å². The Morgan fingerprint density at radius 2 is 2.21 bits per heavy atom. The molecular weight excluding hydrogens is 271 g/mol. The van der Waals surface area contributed by atoms with Crippen LogP contribution in [0.2, 0.25) is 5.02 Å². The van der Waals surface area contributed by atoms with Crippen LogP contribution in [-0.2, 0) is 18.3 Å². The molecule has 2 rings (SSSR count). The van der Waals surface area contributed by atoms with Crippen molar-refractivity contribution in [3.05, 3.63) is 40.8 Å². The molecule has 0 unspecified atom stereocenters. The minimum atomic E-state index is -0.869. The van der Waals surface area contributed by atoms with E-state index in [1.807, 2.05) is 0 Å². The highest BCUT2D eigenvalue weighted by atomic mass is 35.5. The Hall–Kier alpha value is -1.88. The summed E-state index contributed by atoms with van der Waals surface area (Å²) in [7, 11) is 1.74. The van der Waals surface area contributed by atoms with Gasteiger partial charge in [-0.2, -0.15) is 5.10 Å². The SMILES string of the molecule is Cn1nc(CCC(=O)O)cc1-c1ccc(F)cc1Cl. The first-order valence-corrected chi connectivity index (χ1v) is 6.05. The third kappa shape index (κ3) is 3.12. The minimum Gasteiger partial charge on any atom is -0.481 e. The average Bonchev–Trinajstić information content (AvgIpc) is 2.68. The molecule has 6 heteroatoms. The normalized spacial score (nSPS) is 10.7. The number of carboxylic acids is 1. The van der Waals surface area contributed by atoms with Crippen LogP contribution in [-0.4, -0.2) is 20.9 Å². The van der Waals surface area contributed by atoms with Crippen LogP contribution in [0, 0.1) is 5.82 Å². The number of carboxylic acid groups (broad SMARTS) is 1. The van der Waals surface area contributed by atoms with E-state index in [9.17, 15) is 9.18 Å². The summed E-state index contributed by atoms with van der Waals surface area (Å²) >= 11 is 6.00. The van der Waals surface area contributed by atoms with E-state index in [4.69, 9.17) is 16.7 Å². The third-order valence-electron chi connectivity index (χ3n) is 2.73. The van der Waals surface area contributed by atoms with Crippen LogP contribution in [0.25, 0.3) is 11.3 Å². The van der Waals surface area contributed by atoms with Crippen molar-refractivity contribution in [3.63, 3.8) is 0 Å². The number of benzene rings is 1. The van der Waals surface area contributed by atoms with E-state index in [-0.39, 0.29) is 6.42 Å². The van der Waals surface area contributed by atoms with Gasteiger partial charge < -0.3 is 5.11 Å². The second-order valence-corrected chi connectivity index (χ2v) is 4.57. The largest absolute Gasteiger partial charge is 0.481 e. The Morgan fingerprint density at radius 1 is 1.47 bits per heavy atom. The highest BCUT2D eigenvalue weighted by molar-refractivity contribution is 6.33. The molecule has 0 aliphatic rings. The van der Waals surface area contributed by atoms with Gasteiger partial charge in [-0.05, 0) is 24.3 Å². The second kappa shape index (κ2) is 5.40. The van der Waals surface area contributed by atoms with E-state index in [1.54, 1.807) is 23.9 Å². The van der Waals surface area contributed by atoms with Crippen molar-refractivity contribution in [2.75, 3.05) is 0 Å². The van der Waals surface area contributed by atoms with Gasteiger partial charge in [0.1, 0.15) is 5.82 Å². The first kappa shape index (κ1) is 13.5. The maximum atomic E-state index is 13.0. The number of rotatable bonds is 4. The van der Waals surface area contributed by atoms with Gasteiger partial charge in [-0.3, -0.25) is 9.48 Å². The zero-order valence-corrected chi connectivity index (χ0v) is 11.0. The third-order valence-corrected chi connectivity index (χ3v) is 3.05. The van der Waals surface area contributed by atoms with E-state index in [0.717, 1.165) is 5.69 Å². The quantitative estimate of drug-likeness (QED) is 0.938. The highest BCUT2D eigenvalue weighted by Gasteiger charge is 2.12. The van der Waals surface area contributed by atoms with Crippen molar-refractivity contribution in [2.24, 2.45) is 7.05 Å². The fraction of sp³-hybridized carbons (Fsp3) is 0.231. The van der Waals surface area contributed by atoms with Gasteiger partial charge in [0.2, 0.25) is 0 Å². The van der Waals surface area contributed by atoms with Crippen LogP contribution in [0.15, 0.2) is 24.3 Å². The summed E-state index contributed by atoms with van der Waals surface area (Å²) in [6.07, 6.45) is 0.371. The van der Waals surface area contributed by atoms with Gasteiger partial charge in [0.05, 0.1) is 22.8 Å². The molecule has 0 atom stereocenters. The lowest BCUT2D eigenvalue weighted by Gasteiger charge is -2.04. The van der Waals surface area contributed by atoms with E-state index in [2.05, 4.69) is 5.10 Å². The lowest BCUT2D eigenvalue weighted by atomic mass is 10.1. The van der Waals surface area contributed by atoms with E-state index in [0.29, 0.717) is 22.7 Å². The molecule has 0 aliphatic carbocycles. The molecule has 1 N–H and O–H groups in total. The topological polar surface area (TPSA) is 55.1 Å². The van der Waals surface area contributed by atoms with Gasteiger partial charge in [0, 0.05) is 19.0 Å². The first-order chi connectivity index (χ1) is 8.97. The predicted octanol–water partition coefficient (Wildman–Crippen LogP) is 2.90.